The molecule has 3 rings (SSSR count). The van der Waals surface area contributed by atoms with Crippen molar-refractivity contribution in [3.05, 3.63) is 48.0 Å². The Labute approximate surface area is 170 Å². The van der Waals surface area contributed by atoms with Crippen LogP contribution in [0.3, 0.4) is 0 Å². The zero-order valence-electron chi connectivity index (χ0n) is 16.5. The molecule has 9 heteroatoms. The highest BCUT2D eigenvalue weighted by molar-refractivity contribution is 7.89. The number of methoxy groups -OCH3 is 1. The minimum atomic E-state index is -3.60. The number of amides is 2. The largest absolute Gasteiger partial charge is 0.496 e. The maximum Gasteiger partial charge on any atom is 0.244 e. The molecule has 1 heterocycles. The van der Waals surface area contributed by atoms with E-state index in [-0.39, 0.29) is 36.1 Å². The Morgan fingerprint density at radius 2 is 1.93 bits per heavy atom. The Balaban J connectivity index is 1.83. The van der Waals surface area contributed by atoms with E-state index in [0.717, 1.165) is 4.31 Å². The van der Waals surface area contributed by atoms with Crippen molar-refractivity contribution in [1.82, 2.24) is 4.31 Å². The van der Waals surface area contributed by atoms with Crippen LogP contribution in [0.4, 0.5) is 11.4 Å². The monoisotopic (exact) mass is 417 g/mol. The first-order valence-corrected chi connectivity index (χ1v) is 10.5. The quantitative estimate of drug-likeness (QED) is 0.774. The average molecular weight is 417 g/mol. The summed E-state index contributed by atoms with van der Waals surface area (Å²) in [5, 5.41) is 2.75. The number of hydrogen-bond donors (Lipinski definition) is 1. The highest BCUT2D eigenvalue weighted by atomic mass is 32.2. The Morgan fingerprint density at radius 3 is 2.62 bits per heavy atom. The summed E-state index contributed by atoms with van der Waals surface area (Å²) in [7, 11) is 0.811. The molecule has 0 unspecified atom stereocenters. The van der Waals surface area contributed by atoms with Gasteiger partial charge in [0.15, 0.2) is 0 Å². The van der Waals surface area contributed by atoms with Crippen LogP contribution in [0.2, 0.25) is 0 Å². The predicted octanol–water partition coefficient (Wildman–Crippen LogP) is 1.86. The highest BCUT2D eigenvalue weighted by Crippen LogP contribution is 2.30. The number of carbonyl (C=O) groups is 2. The molecule has 154 valence electrons. The molecule has 0 fully saturated rings. The number of aryl methyl sites for hydroxylation is 1. The van der Waals surface area contributed by atoms with Crippen molar-refractivity contribution < 1.29 is 22.7 Å². The Bertz CT molecular complexity index is 1050. The summed E-state index contributed by atoms with van der Waals surface area (Å²) in [4.78, 5) is 26.4. The van der Waals surface area contributed by atoms with Crippen molar-refractivity contribution in [3.63, 3.8) is 0 Å². The van der Waals surface area contributed by atoms with Crippen LogP contribution in [0, 0.1) is 0 Å². The smallest absolute Gasteiger partial charge is 0.244 e. The van der Waals surface area contributed by atoms with Crippen LogP contribution in [0.25, 0.3) is 0 Å². The van der Waals surface area contributed by atoms with Crippen LogP contribution in [0.1, 0.15) is 12.0 Å². The van der Waals surface area contributed by atoms with Crippen LogP contribution in [-0.4, -0.2) is 52.3 Å². The maximum absolute atomic E-state index is 12.8. The second kappa shape index (κ2) is 8.22. The second-order valence-corrected chi connectivity index (χ2v) is 8.96. The van der Waals surface area contributed by atoms with E-state index in [1.165, 1.54) is 38.2 Å². The molecule has 0 atom stereocenters. The number of sulfonamides is 1. The molecule has 2 aromatic carbocycles. The van der Waals surface area contributed by atoms with Gasteiger partial charge in [-0.25, -0.2) is 12.7 Å². The molecule has 0 saturated heterocycles. The van der Waals surface area contributed by atoms with E-state index in [1.54, 1.807) is 30.3 Å². The number of hydrogen-bond acceptors (Lipinski definition) is 5. The van der Waals surface area contributed by atoms with Gasteiger partial charge in [0.2, 0.25) is 21.8 Å². The lowest BCUT2D eigenvalue weighted by atomic mass is 10.1. The lowest BCUT2D eigenvalue weighted by Crippen LogP contribution is -2.42. The molecule has 0 aromatic heterocycles. The van der Waals surface area contributed by atoms with Crippen molar-refractivity contribution in [1.29, 1.82) is 0 Å². The fourth-order valence-corrected chi connectivity index (χ4v) is 4.11. The molecular formula is C20H23N3O5S. The minimum Gasteiger partial charge on any atom is -0.496 e. The van der Waals surface area contributed by atoms with Gasteiger partial charge >= 0.3 is 0 Å². The number of nitrogens with zero attached hydrogens (tertiary/aromatic N) is 2. The Hall–Kier alpha value is -2.91. The molecule has 0 spiro atoms. The first-order valence-electron chi connectivity index (χ1n) is 9.02. The average Bonchev–Trinajstić information content (AvgIpc) is 2.70. The zero-order chi connectivity index (χ0) is 21.2. The first-order chi connectivity index (χ1) is 13.7. The third kappa shape index (κ3) is 4.25. The molecule has 2 amide bonds. The van der Waals surface area contributed by atoms with Crippen molar-refractivity contribution >= 4 is 33.2 Å². The van der Waals surface area contributed by atoms with Crippen molar-refractivity contribution in [3.8, 4) is 5.75 Å². The summed E-state index contributed by atoms with van der Waals surface area (Å²) in [5.74, 6) is 0.0243. The van der Waals surface area contributed by atoms with Gasteiger partial charge in [0.05, 0.1) is 23.4 Å². The molecule has 0 bridgehead atoms. The number of nitrogens with one attached hydrogen (secondary N) is 1. The topological polar surface area (TPSA) is 96.0 Å². The van der Waals surface area contributed by atoms with E-state index in [2.05, 4.69) is 5.32 Å². The van der Waals surface area contributed by atoms with Gasteiger partial charge < -0.3 is 15.0 Å². The number of anilines is 2. The lowest BCUT2D eigenvalue weighted by Gasteiger charge is -2.29. The van der Waals surface area contributed by atoms with Crippen molar-refractivity contribution in [2.24, 2.45) is 0 Å². The summed E-state index contributed by atoms with van der Waals surface area (Å²) < 4.78 is 31.3. The SMILES string of the molecule is COc1ccc(S(=O)(=O)N(C)C)cc1CCC(=O)N1CC(=O)Nc2ccccc21. The highest BCUT2D eigenvalue weighted by Gasteiger charge is 2.27. The number of carbonyl (C=O) groups excluding carboxylic acids is 2. The van der Waals surface area contributed by atoms with E-state index < -0.39 is 10.0 Å². The fourth-order valence-electron chi connectivity index (χ4n) is 3.15. The van der Waals surface area contributed by atoms with Gasteiger partial charge in [0.1, 0.15) is 12.3 Å². The number of fused-ring (bicyclic) bond motifs is 1. The summed E-state index contributed by atoms with van der Waals surface area (Å²) in [6.45, 7) is -0.0535. The van der Waals surface area contributed by atoms with Crippen LogP contribution < -0.4 is 15.0 Å². The molecule has 0 aliphatic carbocycles. The van der Waals surface area contributed by atoms with Crippen LogP contribution >= 0.6 is 0 Å². The third-order valence-corrected chi connectivity index (χ3v) is 6.52. The molecule has 1 aliphatic rings. The Kier molecular flexibility index (Phi) is 5.90. The number of benzene rings is 2. The van der Waals surface area contributed by atoms with Gasteiger partial charge in [-0.3, -0.25) is 9.59 Å². The molecule has 2 aromatic rings. The van der Waals surface area contributed by atoms with Crippen LogP contribution in [0.15, 0.2) is 47.4 Å². The molecule has 1 aliphatic heterocycles. The van der Waals surface area contributed by atoms with E-state index >= 15 is 0 Å². The number of rotatable bonds is 6. The zero-order valence-corrected chi connectivity index (χ0v) is 17.3. The van der Waals surface area contributed by atoms with Gasteiger partial charge in [0.25, 0.3) is 0 Å². The first kappa shape index (κ1) is 20.8. The van der Waals surface area contributed by atoms with E-state index in [1.807, 2.05) is 0 Å². The third-order valence-electron chi connectivity index (χ3n) is 4.71. The minimum absolute atomic E-state index is 0.0535. The van der Waals surface area contributed by atoms with Crippen molar-refractivity contribution in [2.75, 3.05) is 38.0 Å². The predicted molar refractivity (Wildman–Crippen MR) is 110 cm³/mol. The number of ether oxygens (including phenoxy) is 1. The molecule has 0 radical (unpaired) electrons. The summed E-state index contributed by atoms with van der Waals surface area (Å²) in [6.07, 6.45) is 0.378. The van der Waals surface area contributed by atoms with Crippen LogP contribution in [-0.2, 0) is 26.0 Å². The van der Waals surface area contributed by atoms with Gasteiger partial charge in [-0.15, -0.1) is 0 Å². The summed E-state index contributed by atoms with van der Waals surface area (Å²) >= 11 is 0. The van der Waals surface area contributed by atoms with Gasteiger partial charge in [-0.05, 0) is 42.3 Å². The van der Waals surface area contributed by atoms with Gasteiger partial charge in [-0.1, -0.05) is 12.1 Å². The number of para-hydroxylation sites is 2. The fraction of sp³-hybridized carbons (Fsp3) is 0.300. The van der Waals surface area contributed by atoms with Gasteiger partial charge in [0, 0.05) is 20.5 Å². The van der Waals surface area contributed by atoms with Gasteiger partial charge in [-0.2, -0.15) is 0 Å². The second-order valence-electron chi connectivity index (χ2n) is 6.81. The molecular weight excluding hydrogens is 394 g/mol. The van der Waals surface area contributed by atoms with E-state index in [9.17, 15) is 18.0 Å². The normalized spacial score (nSPS) is 13.8. The summed E-state index contributed by atoms with van der Waals surface area (Å²) in [6, 6.07) is 11.7. The van der Waals surface area contributed by atoms with E-state index in [0.29, 0.717) is 22.7 Å². The van der Waals surface area contributed by atoms with E-state index in [4.69, 9.17) is 4.74 Å². The molecule has 29 heavy (non-hydrogen) atoms. The molecule has 8 nitrogen and oxygen atoms in total. The summed E-state index contributed by atoms with van der Waals surface area (Å²) in [5.41, 5.74) is 1.85. The molecule has 1 N–H and O–H groups in total. The maximum atomic E-state index is 12.8. The molecule has 0 saturated carbocycles. The lowest BCUT2D eigenvalue weighted by molar-refractivity contribution is -0.121. The standard InChI is InChI=1S/C20H23N3O5S/c1-22(2)29(26,27)15-9-10-18(28-3)14(12-15)8-11-20(25)23-13-19(24)21-16-6-4-5-7-17(16)23/h4-7,9-10,12H,8,11,13H2,1-3H3,(H,21,24). The van der Waals surface area contributed by atoms with Crippen LogP contribution in [0.5, 0.6) is 5.75 Å². The Morgan fingerprint density at radius 1 is 1.21 bits per heavy atom. The van der Waals surface area contributed by atoms with Crippen molar-refractivity contribution in [2.45, 2.75) is 17.7 Å².